The van der Waals surface area contributed by atoms with Crippen LogP contribution in [0.4, 0.5) is 0 Å². The maximum Gasteiger partial charge on any atom is 0.236 e. The van der Waals surface area contributed by atoms with Gasteiger partial charge >= 0.3 is 0 Å². The van der Waals surface area contributed by atoms with E-state index >= 15 is 0 Å². The van der Waals surface area contributed by atoms with E-state index in [2.05, 4.69) is 20.8 Å². The Morgan fingerprint density at radius 1 is 1.33 bits per heavy atom. The minimum absolute atomic E-state index is 0.00120. The van der Waals surface area contributed by atoms with Crippen LogP contribution < -0.4 is 0 Å². The highest BCUT2D eigenvalue weighted by atomic mass is 79.9. The lowest BCUT2D eigenvalue weighted by Crippen LogP contribution is -2.38. The molecule has 2 nitrogen and oxygen atoms in total. The highest BCUT2D eigenvalue weighted by molar-refractivity contribution is 9.10. The summed E-state index contributed by atoms with van der Waals surface area (Å²) in [6, 6.07) is 1.14. The van der Waals surface area contributed by atoms with Crippen LogP contribution in [-0.4, -0.2) is 27.7 Å². The number of fused-ring (bicyclic) bond motifs is 2. The summed E-state index contributed by atoms with van der Waals surface area (Å²) >= 11 is 3.34. The van der Waals surface area contributed by atoms with Crippen LogP contribution in [0.5, 0.6) is 0 Å². The molecule has 0 aromatic rings. The number of rotatable bonds is 1. The van der Waals surface area contributed by atoms with Crippen molar-refractivity contribution < 1.29 is 4.79 Å². The molecule has 0 aromatic heterocycles. The van der Waals surface area contributed by atoms with E-state index in [1.807, 2.05) is 6.92 Å². The van der Waals surface area contributed by atoms with Crippen LogP contribution in [-0.2, 0) is 4.79 Å². The second kappa shape index (κ2) is 3.02. The standard InChI is InChI=1S/C9H14BrNO/c1-6(10)9(12)11-7-2-3-8(11)5-4-7/h6-8H,2-5H2,1H3. The van der Waals surface area contributed by atoms with Gasteiger partial charge in [0.05, 0.1) is 4.83 Å². The molecule has 68 valence electrons. The van der Waals surface area contributed by atoms with Gasteiger partial charge in [0.25, 0.3) is 0 Å². The zero-order valence-electron chi connectivity index (χ0n) is 7.29. The molecule has 0 spiro atoms. The largest absolute Gasteiger partial charge is 0.336 e. The molecule has 2 rings (SSSR count). The predicted molar refractivity (Wildman–Crippen MR) is 51.3 cm³/mol. The van der Waals surface area contributed by atoms with E-state index in [4.69, 9.17) is 0 Å². The molecule has 0 radical (unpaired) electrons. The first kappa shape index (κ1) is 8.54. The molecule has 3 heteroatoms. The van der Waals surface area contributed by atoms with E-state index in [0.717, 1.165) is 0 Å². The fourth-order valence-electron chi connectivity index (χ4n) is 2.48. The van der Waals surface area contributed by atoms with Crippen molar-refractivity contribution in [2.75, 3.05) is 0 Å². The Bertz CT molecular complexity index is 185. The van der Waals surface area contributed by atoms with Gasteiger partial charge < -0.3 is 4.90 Å². The summed E-state index contributed by atoms with van der Waals surface area (Å²) in [5.41, 5.74) is 0. The first-order chi connectivity index (χ1) is 5.70. The van der Waals surface area contributed by atoms with Crippen molar-refractivity contribution in [2.45, 2.75) is 49.5 Å². The van der Waals surface area contributed by atoms with Crippen LogP contribution in [0, 0.1) is 0 Å². The fraction of sp³-hybridized carbons (Fsp3) is 0.889. The monoisotopic (exact) mass is 231 g/mol. The van der Waals surface area contributed by atoms with Gasteiger partial charge in [0.2, 0.25) is 5.91 Å². The first-order valence-electron chi connectivity index (χ1n) is 4.66. The van der Waals surface area contributed by atoms with Gasteiger partial charge in [0.15, 0.2) is 0 Å². The number of hydrogen-bond donors (Lipinski definition) is 0. The number of halogens is 1. The topological polar surface area (TPSA) is 20.3 Å². The van der Waals surface area contributed by atoms with E-state index in [0.29, 0.717) is 18.0 Å². The van der Waals surface area contributed by atoms with Gasteiger partial charge in [-0.05, 0) is 32.6 Å². The van der Waals surface area contributed by atoms with E-state index < -0.39 is 0 Å². The van der Waals surface area contributed by atoms with Crippen molar-refractivity contribution >= 4 is 21.8 Å². The molecule has 2 heterocycles. The average Bonchev–Trinajstić information content (AvgIpc) is 2.61. The van der Waals surface area contributed by atoms with Gasteiger partial charge in [0, 0.05) is 12.1 Å². The Morgan fingerprint density at radius 3 is 2.08 bits per heavy atom. The van der Waals surface area contributed by atoms with E-state index in [9.17, 15) is 4.79 Å². The molecule has 0 aromatic carbocycles. The third-order valence-electron chi connectivity index (χ3n) is 3.05. The summed E-state index contributed by atoms with van der Waals surface area (Å²) < 4.78 is 0. The molecule has 2 bridgehead atoms. The van der Waals surface area contributed by atoms with E-state index in [1.165, 1.54) is 25.7 Å². The summed E-state index contributed by atoms with van der Waals surface area (Å²) in [6.07, 6.45) is 4.93. The molecular weight excluding hydrogens is 218 g/mol. The van der Waals surface area contributed by atoms with Crippen molar-refractivity contribution in [2.24, 2.45) is 0 Å². The number of carbonyl (C=O) groups excluding carboxylic acids is 1. The van der Waals surface area contributed by atoms with E-state index in [1.54, 1.807) is 0 Å². The summed E-state index contributed by atoms with van der Waals surface area (Å²) in [5.74, 6) is 0.292. The zero-order valence-corrected chi connectivity index (χ0v) is 8.88. The third kappa shape index (κ3) is 1.18. The minimum atomic E-state index is -0.00120. The molecule has 2 saturated heterocycles. The van der Waals surface area contributed by atoms with Crippen LogP contribution in [0.25, 0.3) is 0 Å². The smallest absolute Gasteiger partial charge is 0.236 e. The maximum atomic E-state index is 11.7. The Morgan fingerprint density at radius 2 is 1.75 bits per heavy atom. The summed E-state index contributed by atoms with van der Waals surface area (Å²) in [7, 11) is 0. The Labute approximate surface area is 81.4 Å². The normalized spacial score (nSPS) is 35.7. The number of carbonyl (C=O) groups is 1. The number of amides is 1. The van der Waals surface area contributed by atoms with Gasteiger partial charge in [-0.25, -0.2) is 0 Å². The second-order valence-electron chi connectivity index (χ2n) is 3.82. The molecule has 0 N–H and O–H groups in total. The molecule has 0 saturated carbocycles. The van der Waals surface area contributed by atoms with Crippen molar-refractivity contribution in [3.63, 3.8) is 0 Å². The van der Waals surface area contributed by atoms with Crippen LogP contribution in [0.3, 0.4) is 0 Å². The van der Waals surface area contributed by atoms with Crippen molar-refractivity contribution in [1.29, 1.82) is 0 Å². The molecule has 12 heavy (non-hydrogen) atoms. The first-order valence-corrected chi connectivity index (χ1v) is 5.58. The lowest BCUT2D eigenvalue weighted by molar-refractivity contribution is -0.131. The molecule has 1 unspecified atom stereocenters. The second-order valence-corrected chi connectivity index (χ2v) is 5.20. The summed E-state index contributed by atoms with van der Waals surface area (Å²) in [6.45, 7) is 1.92. The molecule has 2 aliphatic rings. The molecule has 0 aliphatic carbocycles. The highest BCUT2D eigenvalue weighted by Crippen LogP contribution is 2.38. The van der Waals surface area contributed by atoms with Gasteiger partial charge in [-0.15, -0.1) is 0 Å². The fourth-order valence-corrected chi connectivity index (χ4v) is 2.71. The van der Waals surface area contributed by atoms with E-state index in [-0.39, 0.29) is 4.83 Å². The maximum absolute atomic E-state index is 11.7. The molecule has 2 aliphatic heterocycles. The minimum Gasteiger partial charge on any atom is -0.336 e. The summed E-state index contributed by atoms with van der Waals surface area (Å²) in [4.78, 5) is 13.8. The van der Waals surface area contributed by atoms with Gasteiger partial charge in [-0.2, -0.15) is 0 Å². The molecule has 1 amide bonds. The average molecular weight is 232 g/mol. The zero-order chi connectivity index (χ0) is 8.72. The van der Waals surface area contributed by atoms with Crippen LogP contribution in [0.1, 0.15) is 32.6 Å². The van der Waals surface area contributed by atoms with Gasteiger partial charge in [-0.3, -0.25) is 4.79 Å². The molecule has 1 atom stereocenters. The lowest BCUT2D eigenvalue weighted by Gasteiger charge is -2.23. The third-order valence-corrected chi connectivity index (χ3v) is 3.44. The van der Waals surface area contributed by atoms with Crippen LogP contribution >= 0.6 is 15.9 Å². The Balaban J connectivity index is 2.09. The van der Waals surface area contributed by atoms with Gasteiger partial charge in [-0.1, -0.05) is 15.9 Å². The van der Waals surface area contributed by atoms with Crippen LogP contribution in [0.2, 0.25) is 0 Å². The number of alkyl halides is 1. The van der Waals surface area contributed by atoms with Gasteiger partial charge in [0.1, 0.15) is 0 Å². The molecule has 2 fully saturated rings. The molecular formula is C9H14BrNO. The van der Waals surface area contributed by atoms with Crippen molar-refractivity contribution in [1.82, 2.24) is 4.90 Å². The highest BCUT2D eigenvalue weighted by Gasteiger charge is 2.42. The SMILES string of the molecule is CC(Br)C(=O)N1C2CCC1CC2. The van der Waals surface area contributed by atoms with Crippen molar-refractivity contribution in [3.8, 4) is 0 Å². The Hall–Kier alpha value is -0.0500. The summed E-state index contributed by atoms with van der Waals surface area (Å²) in [5, 5.41) is 0. The quantitative estimate of drug-likeness (QED) is 0.632. The predicted octanol–water partition coefficient (Wildman–Crippen LogP) is 1.92. The van der Waals surface area contributed by atoms with Crippen LogP contribution in [0.15, 0.2) is 0 Å². The number of nitrogens with zero attached hydrogens (tertiary/aromatic N) is 1. The number of hydrogen-bond acceptors (Lipinski definition) is 1. The Kier molecular flexibility index (Phi) is 2.15. The lowest BCUT2D eigenvalue weighted by atomic mass is 10.0. The van der Waals surface area contributed by atoms with Crippen molar-refractivity contribution in [3.05, 3.63) is 0 Å².